The van der Waals surface area contributed by atoms with Crippen LogP contribution in [0, 0.1) is 0 Å². The van der Waals surface area contributed by atoms with E-state index in [0.29, 0.717) is 0 Å². The van der Waals surface area contributed by atoms with Gasteiger partial charge >= 0.3 is 11.9 Å². The Morgan fingerprint density at radius 2 is 1.64 bits per heavy atom. The summed E-state index contributed by atoms with van der Waals surface area (Å²) in [5, 5.41) is 2.47. The first-order valence-electron chi connectivity index (χ1n) is 6.77. The van der Waals surface area contributed by atoms with Crippen molar-refractivity contribution >= 4 is 23.5 Å². The van der Waals surface area contributed by atoms with Gasteiger partial charge in [0, 0.05) is 0 Å². The molecule has 0 aliphatic rings. The van der Waals surface area contributed by atoms with E-state index < -0.39 is 23.9 Å². The first-order valence-corrected chi connectivity index (χ1v) is 6.77. The van der Waals surface area contributed by atoms with E-state index >= 15 is 0 Å². The smallest absolute Gasteiger partial charge is 0.339 e. The summed E-state index contributed by atoms with van der Waals surface area (Å²) in [6.45, 7) is 5.50. The number of esters is 2. The van der Waals surface area contributed by atoms with E-state index in [2.05, 4.69) is 14.8 Å². The number of ether oxygens (including phenoxy) is 2. The van der Waals surface area contributed by atoms with Crippen LogP contribution in [0.2, 0.25) is 0 Å². The van der Waals surface area contributed by atoms with Crippen molar-refractivity contribution in [3.63, 3.8) is 0 Å². The van der Waals surface area contributed by atoms with Gasteiger partial charge in [0.15, 0.2) is 0 Å². The maximum absolute atomic E-state index is 11.6. The monoisotopic (exact) mass is 310 g/mol. The Labute approximate surface area is 129 Å². The van der Waals surface area contributed by atoms with Gasteiger partial charge in [0.1, 0.15) is 0 Å². The molecule has 0 heterocycles. The molecule has 0 aliphatic heterocycles. The van der Waals surface area contributed by atoms with Crippen molar-refractivity contribution in [1.82, 2.24) is 0 Å². The third-order valence-corrected chi connectivity index (χ3v) is 2.52. The number of hydrogen-bond acceptors (Lipinski definition) is 6. The van der Waals surface area contributed by atoms with Crippen LogP contribution in [0.5, 0.6) is 0 Å². The Hall–Kier alpha value is -2.41. The zero-order valence-electron chi connectivity index (χ0n) is 13.4. The summed E-state index contributed by atoms with van der Waals surface area (Å²) < 4.78 is 9.19. The third kappa shape index (κ3) is 5.17. The molecule has 1 atom stereocenters. The van der Waals surface area contributed by atoms with Crippen molar-refractivity contribution in [1.29, 1.82) is 0 Å². The fraction of sp³-hybridized carbons (Fsp3) is 0.400. The average Bonchev–Trinajstić information content (AvgIpc) is 2.54. The zero-order chi connectivity index (χ0) is 17.3. The van der Waals surface area contributed by atoms with Crippen LogP contribution < -0.4 is 11.1 Å². The topological polar surface area (TPSA) is 108 Å². The molecule has 0 bridgehead atoms. The SMILES string of the molecule is CC.COC(=O)c1ccc(C(=O)OC)c(NC(=O)C(C)N)c1. The van der Waals surface area contributed by atoms with Gasteiger partial charge in [-0.25, -0.2) is 9.59 Å². The minimum atomic E-state index is -0.762. The molecule has 0 saturated heterocycles. The molecule has 0 fully saturated rings. The van der Waals surface area contributed by atoms with E-state index in [0.717, 1.165) is 0 Å². The Morgan fingerprint density at radius 3 is 2.09 bits per heavy atom. The van der Waals surface area contributed by atoms with Gasteiger partial charge < -0.3 is 20.5 Å². The third-order valence-electron chi connectivity index (χ3n) is 2.52. The van der Waals surface area contributed by atoms with Crippen LogP contribution in [0.4, 0.5) is 5.69 Å². The van der Waals surface area contributed by atoms with Crippen LogP contribution in [0.15, 0.2) is 18.2 Å². The number of rotatable bonds is 4. The summed E-state index contributed by atoms with van der Waals surface area (Å²) in [6.07, 6.45) is 0. The minimum absolute atomic E-state index is 0.120. The molecular formula is C15H22N2O5. The summed E-state index contributed by atoms with van der Waals surface area (Å²) >= 11 is 0. The van der Waals surface area contributed by atoms with E-state index in [1.807, 2.05) is 13.8 Å². The lowest BCUT2D eigenvalue weighted by Crippen LogP contribution is -2.33. The maximum atomic E-state index is 11.6. The van der Waals surface area contributed by atoms with Gasteiger partial charge in [0.05, 0.1) is 37.1 Å². The van der Waals surface area contributed by atoms with Gasteiger partial charge in [-0.15, -0.1) is 0 Å². The predicted molar refractivity (Wildman–Crippen MR) is 82.7 cm³/mol. The van der Waals surface area contributed by atoms with Gasteiger partial charge in [0.25, 0.3) is 0 Å². The molecule has 1 rings (SSSR count). The van der Waals surface area contributed by atoms with Crippen LogP contribution in [0.25, 0.3) is 0 Å². The summed E-state index contributed by atoms with van der Waals surface area (Å²) in [4.78, 5) is 34.7. The number of hydrogen-bond donors (Lipinski definition) is 2. The summed E-state index contributed by atoms with van der Waals surface area (Å²) in [7, 11) is 2.45. The highest BCUT2D eigenvalue weighted by atomic mass is 16.5. The molecule has 0 saturated carbocycles. The molecule has 7 nitrogen and oxygen atoms in total. The highest BCUT2D eigenvalue weighted by Gasteiger charge is 2.18. The van der Waals surface area contributed by atoms with Crippen LogP contribution in [0.3, 0.4) is 0 Å². The highest BCUT2D eigenvalue weighted by molar-refractivity contribution is 6.04. The molecule has 0 spiro atoms. The van der Waals surface area contributed by atoms with Gasteiger partial charge in [-0.1, -0.05) is 13.8 Å². The molecule has 1 aromatic rings. The minimum Gasteiger partial charge on any atom is -0.465 e. The molecule has 1 amide bonds. The van der Waals surface area contributed by atoms with Crippen molar-refractivity contribution in [3.05, 3.63) is 29.3 Å². The number of carbonyl (C=O) groups is 3. The second-order valence-corrected chi connectivity index (χ2v) is 4.02. The number of methoxy groups -OCH3 is 2. The van der Waals surface area contributed by atoms with Crippen molar-refractivity contribution in [2.75, 3.05) is 19.5 Å². The molecule has 0 aromatic heterocycles. The molecule has 1 aromatic carbocycles. The second kappa shape index (κ2) is 9.51. The average molecular weight is 310 g/mol. The van der Waals surface area contributed by atoms with Crippen molar-refractivity contribution in [2.24, 2.45) is 5.73 Å². The van der Waals surface area contributed by atoms with E-state index in [-0.39, 0.29) is 16.8 Å². The van der Waals surface area contributed by atoms with E-state index in [1.54, 1.807) is 0 Å². The summed E-state index contributed by atoms with van der Waals surface area (Å²) in [5.41, 5.74) is 5.90. The van der Waals surface area contributed by atoms with Gasteiger partial charge in [-0.05, 0) is 25.1 Å². The normalized spacial score (nSPS) is 10.6. The maximum Gasteiger partial charge on any atom is 0.339 e. The molecule has 0 aliphatic carbocycles. The number of nitrogens with two attached hydrogens (primary N) is 1. The number of nitrogens with one attached hydrogen (secondary N) is 1. The first kappa shape index (κ1) is 19.6. The number of anilines is 1. The van der Waals surface area contributed by atoms with Crippen LogP contribution in [0.1, 0.15) is 41.5 Å². The largest absolute Gasteiger partial charge is 0.465 e. The summed E-state index contributed by atoms with van der Waals surface area (Å²) in [6, 6.07) is 3.34. The fourth-order valence-electron chi connectivity index (χ4n) is 1.43. The van der Waals surface area contributed by atoms with Crippen LogP contribution in [-0.4, -0.2) is 38.1 Å². The fourth-order valence-corrected chi connectivity index (χ4v) is 1.43. The standard InChI is InChI=1S/C13H16N2O5.C2H6/c1-7(14)11(16)15-10-6-8(12(17)19-2)4-5-9(10)13(18)20-3;1-2/h4-7H,14H2,1-3H3,(H,15,16);1-2H3. The van der Waals surface area contributed by atoms with E-state index in [1.165, 1.54) is 39.3 Å². The zero-order valence-corrected chi connectivity index (χ0v) is 13.4. The highest BCUT2D eigenvalue weighted by Crippen LogP contribution is 2.19. The Bertz CT molecular complexity index is 541. The summed E-state index contributed by atoms with van der Waals surface area (Å²) in [5.74, 6) is -1.71. The predicted octanol–water partition coefficient (Wildman–Crippen LogP) is 1.57. The molecule has 122 valence electrons. The van der Waals surface area contributed by atoms with Gasteiger partial charge in [-0.2, -0.15) is 0 Å². The lowest BCUT2D eigenvalue weighted by Gasteiger charge is -2.12. The lowest BCUT2D eigenvalue weighted by atomic mass is 10.1. The molecule has 7 heteroatoms. The van der Waals surface area contributed by atoms with Gasteiger partial charge in [0.2, 0.25) is 5.91 Å². The number of benzene rings is 1. The number of carbonyl (C=O) groups excluding carboxylic acids is 3. The number of amides is 1. The first-order chi connectivity index (χ1) is 10.4. The Balaban J connectivity index is 0.00000211. The lowest BCUT2D eigenvalue weighted by molar-refractivity contribution is -0.117. The Kier molecular flexibility index (Phi) is 8.47. The van der Waals surface area contributed by atoms with E-state index in [4.69, 9.17) is 5.73 Å². The molecule has 0 radical (unpaired) electrons. The Morgan fingerprint density at radius 1 is 1.09 bits per heavy atom. The van der Waals surface area contributed by atoms with Crippen molar-refractivity contribution < 1.29 is 23.9 Å². The van der Waals surface area contributed by atoms with Crippen molar-refractivity contribution in [3.8, 4) is 0 Å². The van der Waals surface area contributed by atoms with E-state index in [9.17, 15) is 14.4 Å². The van der Waals surface area contributed by atoms with Gasteiger partial charge in [-0.3, -0.25) is 4.79 Å². The van der Waals surface area contributed by atoms with Crippen LogP contribution in [-0.2, 0) is 14.3 Å². The second-order valence-electron chi connectivity index (χ2n) is 4.02. The molecular weight excluding hydrogens is 288 g/mol. The van der Waals surface area contributed by atoms with Crippen LogP contribution >= 0.6 is 0 Å². The molecule has 1 unspecified atom stereocenters. The quantitative estimate of drug-likeness (QED) is 0.817. The molecule has 3 N–H and O–H groups in total. The molecule has 22 heavy (non-hydrogen) atoms. The van der Waals surface area contributed by atoms with Crippen molar-refractivity contribution in [2.45, 2.75) is 26.8 Å².